The van der Waals surface area contributed by atoms with E-state index in [1.54, 1.807) is 43.3 Å². The number of alkyl halides is 3. The van der Waals surface area contributed by atoms with Crippen LogP contribution in [-0.4, -0.2) is 29.4 Å². The van der Waals surface area contributed by atoms with Crippen molar-refractivity contribution in [3.63, 3.8) is 0 Å². The molecule has 0 amide bonds. The van der Waals surface area contributed by atoms with E-state index >= 15 is 0 Å². The first-order chi connectivity index (χ1) is 13.7. The second kappa shape index (κ2) is 8.34. The van der Waals surface area contributed by atoms with Crippen LogP contribution in [-0.2, 0) is 28.5 Å². The molecular weight excluding hydrogens is 407 g/mol. The predicted octanol–water partition coefficient (Wildman–Crippen LogP) is 4.11. The zero-order chi connectivity index (χ0) is 21.1. The molecule has 3 rings (SSSR count). The van der Waals surface area contributed by atoms with E-state index in [1.165, 1.54) is 16.4 Å². The Hall–Kier alpha value is -2.72. The fourth-order valence-electron chi connectivity index (χ4n) is 2.70. The molecule has 0 spiro atoms. The lowest BCUT2D eigenvalue weighted by Gasteiger charge is -2.20. The molecule has 10 heteroatoms. The molecule has 2 aromatic carbocycles. The number of halogens is 3. The van der Waals surface area contributed by atoms with Crippen molar-refractivity contribution < 1.29 is 26.1 Å². The fourth-order valence-corrected chi connectivity index (χ4v) is 4.24. The monoisotopic (exact) mass is 425 g/mol. The zero-order valence-corrected chi connectivity index (χ0v) is 16.2. The molecule has 0 aliphatic carbocycles. The summed E-state index contributed by atoms with van der Waals surface area (Å²) in [5.74, 6) is -1.71. The number of hydrogen-bond donors (Lipinski definition) is 0. The minimum atomic E-state index is -4.71. The Labute approximate surface area is 166 Å². The van der Waals surface area contributed by atoms with Gasteiger partial charge in [-0.2, -0.15) is 22.5 Å². The quantitative estimate of drug-likeness (QED) is 0.570. The second-order valence-electron chi connectivity index (χ2n) is 6.29. The average molecular weight is 425 g/mol. The van der Waals surface area contributed by atoms with Gasteiger partial charge in [0.2, 0.25) is 15.8 Å². The molecule has 1 aromatic heterocycles. The highest BCUT2D eigenvalue weighted by Gasteiger charge is 2.38. The lowest BCUT2D eigenvalue weighted by molar-refractivity contribution is -0.159. The van der Waals surface area contributed by atoms with E-state index in [0.717, 1.165) is 0 Å². The van der Waals surface area contributed by atoms with Crippen LogP contribution in [0.1, 0.15) is 23.9 Å². The van der Waals surface area contributed by atoms with Crippen molar-refractivity contribution in [1.82, 2.24) is 14.4 Å². The summed E-state index contributed by atoms with van der Waals surface area (Å²) < 4.78 is 68.7. The third kappa shape index (κ3) is 5.21. The van der Waals surface area contributed by atoms with Crippen LogP contribution < -0.4 is 0 Å². The molecule has 0 bridgehead atoms. The standard InChI is InChI=1S/C19H18F3N3O3S/c1-2-25(29(26,27)13-15-6-4-3-5-7-15)12-14-8-10-16(11-9-14)17-23-18(28-24-17)19(20,21)22/h3-11H,2,12-13H2,1H3. The van der Waals surface area contributed by atoms with E-state index in [2.05, 4.69) is 14.7 Å². The van der Waals surface area contributed by atoms with Gasteiger partial charge in [-0.1, -0.05) is 66.7 Å². The molecule has 6 nitrogen and oxygen atoms in total. The third-order valence-electron chi connectivity index (χ3n) is 4.18. The molecule has 0 saturated heterocycles. The topological polar surface area (TPSA) is 76.3 Å². The molecule has 3 aromatic rings. The summed E-state index contributed by atoms with van der Waals surface area (Å²) in [7, 11) is -3.53. The van der Waals surface area contributed by atoms with Gasteiger partial charge in [0.15, 0.2) is 0 Å². The van der Waals surface area contributed by atoms with Crippen LogP contribution >= 0.6 is 0 Å². The van der Waals surface area contributed by atoms with Gasteiger partial charge < -0.3 is 4.52 Å². The molecule has 1 heterocycles. The van der Waals surface area contributed by atoms with Gasteiger partial charge in [0, 0.05) is 18.7 Å². The molecule has 0 radical (unpaired) electrons. The van der Waals surface area contributed by atoms with Gasteiger partial charge in [0.25, 0.3) is 0 Å². The van der Waals surface area contributed by atoms with Crippen LogP contribution in [0.5, 0.6) is 0 Å². The predicted molar refractivity (Wildman–Crippen MR) is 99.9 cm³/mol. The summed E-state index contributed by atoms with van der Waals surface area (Å²) in [6, 6.07) is 15.2. The van der Waals surface area contributed by atoms with Gasteiger partial charge in [-0.15, -0.1) is 0 Å². The molecule has 0 N–H and O–H groups in total. The third-order valence-corrected chi connectivity index (χ3v) is 6.05. The number of hydrogen-bond acceptors (Lipinski definition) is 5. The van der Waals surface area contributed by atoms with Gasteiger partial charge in [-0.05, 0) is 11.1 Å². The summed E-state index contributed by atoms with van der Waals surface area (Å²) in [6.45, 7) is 2.18. The molecule has 29 heavy (non-hydrogen) atoms. The Morgan fingerprint density at radius 3 is 2.21 bits per heavy atom. The Bertz CT molecular complexity index is 1050. The highest BCUT2D eigenvalue weighted by molar-refractivity contribution is 7.88. The number of aromatic nitrogens is 2. The van der Waals surface area contributed by atoms with Crippen LogP contribution in [0, 0.1) is 0 Å². The maximum Gasteiger partial charge on any atom is 0.471 e. The minimum absolute atomic E-state index is 0.108. The summed E-state index contributed by atoms with van der Waals surface area (Å²) in [4.78, 5) is 3.34. The molecule has 0 unspecified atom stereocenters. The lowest BCUT2D eigenvalue weighted by atomic mass is 10.1. The van der Waals surface area contributed by atoms with Crippen LogP contribution in [0.3, 0.4) is 0 Å². The van der Waals surface area contributed by atoms with E-state index in [0.29, 0.717) is 16.7 Å². The number of nitrogens with zero attached hydrogens (tertiary/aromatic N) is 3. The van der Waals surface area contributed by atoms with Crippen LogP contribution in [0.25, 0.3) is 11.4 Å². The van der Waals surface area contributed by atoms with Gasteiger partial charge >= 0.3 is 12.1 Å². The molecule has 0 aliphatic heterocycles. The first kappa shape index (κ1) is 21.0. The number of rotatable bonds is 7. The molecule has 0 aliphatic rings. The Morgan fingerprint density at radius 2 is 1.66 bits per heavy atom. The first-order valence-corrected chi connectivity index (χ1v) is 10.3. The number of benzene rings is 2. The molecule has 0 fully saturated rings. The summed E-state index contributed by atoms with van der Waals surface area (Å²) >= 11 is 0. The van der Waals surface area contributed by atoms with Crippen molar-refractivity contribution >= 4 is 10.0 Å². The molecular formula is C19H18F3N3O3S. The van der Waals surface area contributed by atoms with Crippen LogP contribution in [0.4, 0.5) is 13.2 Å². The van der Waals surface area contributed by atoms with E-state index in [1.807, 2.05) is 6.07 Å². The van der Waals surface area contributed by atoms with Crippen LogP contribution in [0.2, 0.25) is 0 Å². The van der Waals surface area contributed by atoms with Crippen molar-refractivity contribution in [3.05, 3.63) is 71.6 Å². The molecule has 154 valence electrons. The van der Waals surface area contributed by atoms with E-state index < -0.39 is 22.1 Å². The van der Waals surface area contributed by atoms with Gasteiger partial charge in [0.1, 0.15) is 0 Å². The highest BCUT2D eigenvalue weighted by atomic mass is 32.2. The normalized spacial score (nSPS) is 12.4. The Kier molecular flexibility index (Phi) is 6.04. The van der Waals surface area contributed by atoms with Crippen molar-refractivity contribution in [1.29, 1.82) is 0 Å². The van der Waals surface area contributed by atoms with E-state index in [-0.39, 0.29) is 24.7 Å². The maximum atomic E-state index is 12.7. The maximum absolute atomic E-state index is 12.7. The zero-order valence-electron chi connectivity index (χ0n) is 15.4. The lowest BCUT2D eigenvalue weighted by Crippen LogP contribution is -2.31. The van der Waals surface area contributed by atoms with Crippen molar-refractivity contribution in [2.45, 2.75) is 25.4 Å². The van der Waals surface area contributed by atoms with Crippen LogP contribution in [0.15, 0.2) is 59.1 Å². The smallest absolute Gasteiger partial charge is 0.329 e. The van der Waals surface area contributed by atoms with E-state index in [9.17, 15) is 21.6 Å². The Morgan fingerprint density at radius 1 is 1.00 bits per heavy atom. The largest absolute Gasteiger partial charge is 0.471 e. The Balaban J connectivity index is 1.73. The van der Waals surface area contributed by atoms with Gasteiger partial charge in [0.05, 0.1) is 5.75 Å². The van der Waals surface area contributed by atoms with Crippen molar-refractivity contribution in [3.8, 4) is 11.4 Å². The van der Waals surface area contributed by atoms with Gasteiger partial charge in [-0.25, -0.2) is 8.42 Å². The average Bonchev–Trinajstić information content (AvgIpc) is 3.17. The first-order valence-electron chi connectivity index (χ1n) is 8.71. The van der Waals surface area contributed by atoms with Gasteiger partial charge in [-0.3, -0.25) is 0 Å². The molecule has 0 saturated carbocycles. The number of sulfonamides is 1. The fraction of sp³-hybridized carbons (Fsp3) is 0.263. The van der Waals surface area contributed by atoms with Crippen molar-refractivity contribution in [2.75, 3.05) is 6.54 Å². The summed E-state index contributed by atoms with van der Waals surface area (Å²) in [5, 5.41) is 3.33. The summed E-state index contributed by atoms with van der Waals surface area (Å²) in [6.07, 6.45) is -4.71. The minimum Gasteiger partial charge on any atom is -0.329 e. The van der Waals surface area contributed by atoms with Crippen molar-refractivity contribution in [2.24, 2.45) is 0 Å². The second-order valence-corrected chi connectivity index (χ2v) is 8.25. The highest BCUT2D eigenvalue weighted by Crippen LogP contribution is 2.29. The van der Waals surface area contributed by atoms with E-state index in [4.69, 9.17) is 0 Å². The SMILES string of the molecule is CCN(Cc1ccc(-c2noc(C(F)(F)F)n2)cc1)S(=O)(=O)Cc1ccccc1. The molecule has 0 atom stereocenters. The summed E-state index contributed by atoms with van der Waals surface area (Å²) in [5.41, 5.74) is 1.72.